The van der Waals surface area contributed by atoms with E-state index in [9.17, 15) is 13.2 Å². The number of nitrogens with zero attached hydrogens (tertiary/aromatic N) is 3. The lowest BCUT2D eigenvalue weighted by Crippen LogP contribution is -2.57. The van der Waals surface area contributed by atoms with Gasteiger partial charge in [-0.3, -0.25) is 4.79 Å². The van der Waals surface area contributed by atoms with E-state index in [1.165, 1.54) is 11.9 Å². The van der Waals surface area contributed by atoms with Crippen molar-refractivity contribution in [1.29, 1.82) is 0 Å². The molecule has 0 saturated carbocycles. The molecule has 0 aliphatic carbocycles. The van der Waals surface area contributed by atoms with E-state index in [1.54, 1.807) is 4.31 Å². The van der Waals surface area contributed by atoms with Gasteiger partial charge in [-0.2, -0.15) is 4.31 Å². The molecule has 2 aromatic carbocycles. The van der Waals surface area contributed by atoms with Crippen molar-refractivity contribution in [1.82, 2.24) is 9.21 Å². The third-order valence-corrected chi connectivity index (χ3v) is 8.86. The summed E-state index contributed by atoms with van der Waals surface area (Å²) >= 11 is 0. The zero-order valence-corrected chi connectivity index (χ0v) is 19.4. The quantitative estimate of drug-likeness (QED) is 0.699. The largest absolute Gasteiger partial charge is 0.368 e. The monoisotopic (exact) mass is 453 g/mol. The Hall–Kier alpha value is -2.38. The van der Waals surface area contributed by atoms with Crippen LogP contribution in [0.3, 0.4) is 0 Å². The molecule has 0 spiro atoms. The van der Waals surface area contributed by atoms with E-state index < -0.39 is 15.4 Å². The summed E-state index contributed by atoms with van der Waals surface area (Å²) in [5.41, 5.74) is 1.61. The number of sulfonamides is 1. The molecular weight excluding hydrogens is 422 g/mol. The molecule has 7 heteroatoms. The lowest BCUT2D eigenvalue weighted by atomic mass is 9.69. The summed E-state index contributed by atoms with van der Waals surface area (Å²) in [6, 6.07) is 20.1. The number of carbonyl (C=O) groups is 1. The van der Waals surface area contributed by atoms with Gasteiger partial charge in [0.25, 0.3) is 0 Å². The molecule has 3 aliphatic heterocycles. The van der Waals surface area contributed by atoms with Crippen molar-refractivity contribution in [2.45, 2.75) is 37.8 Å². The molecule has 6 nitrogen and oxygen atoms in total. The topological polar surface area (TPSA) is 60.9 Å². The number of fused-ring (bicyclic) bond motifs is 2. The van der Waals surface area contributed by atoms with E-state index in [0.717, 1.165) is 31.5 Å². The van der Waals surface area contributed by atoms with Crippen LogP contribution in [0.15, 0.2) is 60.7 Å². The standard InChI is InChI=1S/C25H31N3O3S/c1-32(30,31)28-22-12-13-23(28)25(19-22,18-20-8-4-2-5-9-20)24(29)27-16-14-26(15-17-27)21-10-6-3-7-11-21/h2-11,22-23H,12-19H2,1H3/t22-,23+,25+/m1/s1. The normalized spacial score (nSPS) is 28.3. The molecular formula is C25H31N3O3S. The fourth-order valence-electron chi connectivity index (χ4n) is 6.21. The maximum absolute atomic E-state index is 14.1. The van der Waals surface area contributed by atoms with Gasteiger partial charge in [0.2, 0.25) is 15.9 Å². The van der Waals surface area contributed by atoms with Crippen LogP contribution < -0.4 is 4.90 Å². The lowest BCUT2D eigenvalue weighted by molar-refractivity contribution is -0.144. The number of piperazine rings is 1. The Morgan fingerprint density at radius 2 is 1.56 bits per heavy atom. The third kappa shape index (κ3) is 3.71. The van der Waals surface area contributed by atoms with Crippen molar-refractivity contribution in [3.05, 3.63) is 66.2 Å². The average molecular weight is 454 g/mol. The van der Waals surface area contributed by atoms with Crippen LogP contribution in [0.5, 0.6) is 0 Å². The van der Waals surface area contributed by atoms with Gasteiger partial charge in [0.15, 0.2) is 0 Å². The highest BCUT2D eigenvalue weighted by Crippen LogP contribution is 2.53. The van der Waals surface area contributed by atoms with Gasteiger partial charge >= 0.3 is 0 Å². The summed E-state index contributed by atoms with van der Waals surface area (Å²) in [5.74, 6) is 0.134. The van der Waals surface area contributed by atoms with Crippen LogP contribution in [0.4, 0.5) is 5.69 Å². The summed E-state index contributed by atoms with van der Waals surface area (Å²) in [6.07, 6.45) is 4.12. The van der Waals surface area contributed by atoms with E-state index >= 15 is 0 Å². The summed E-state index contributed by atoms with van der Waals surface area (Å²) in [6.45, 7) is 2.92. The van der Waals surface area contributed by atoms with Crippen LogP contribution in [-0.2, 0) is 21.2 Å². The molecule has 0 radical (unpaired) electrons. The Balaban J connectivity index is 1.41. The van der Waals surface area contributed by atoms with E-state index in [4.69, 9.17) is 0 Å². The van der Waals surface area contributed by atoms with Crippen LogP contribution in [0, 0.1) is 5.41 Å². The van der Waals surface area contributed by atoms with Crippen molar-refractivity contribution in [2.24, 2.45) is 5.41 Å². The Bertz CT molecular complexity index is 1070. The fraction of sp³-hybridized carbons (Fsp3) is 0.480. The lowest BCUT2D eigenvalue weighted by Gasteiger charge is -2.43. The number of carbonyl (C=O) groups excluding carboxylic acids is 1. The molecule has 0 N–H and O–H groups in total. The minimum atomic E-state index is -3.36. The zero-order chi connectivity index (χ0) is 22.3. The molecule has 3 fully saturated rings. The zero-order valence-electron chi connectivity index (χ0n) is 18.6. The number of anilines is 1. The van der Waals surface area contributed by atoms with Crippen molar-refractivity contribution in [3.8, 4) is 0 Å². The Morgan fingerprint density at radius 1 is 0.938 bits per heavy atom. The second kappa shape index (κ2) is 8.19. The van der Waals surface area contributed by atoms with Crippen LogP contribution in [-0.4, -0.2) is 68.0 Å². The summed E-state index contributed by atoms with van der Waals surface area (Å²) in [4.78, 5) is 18.4. The molecule has 3 heterocycles. The van der Waals surface area contributed by atoms with Crippen molar-refractivity contribution in [3.63, 3.8) is 0 Å². The first-order valence-corrected chi connectivity index (χ1v) is 13.4. The van der Waals surface area contributed by atoms with Crippen molar-refractivity contribution >= 4 is 21.6 Å². The maximum atomic E-state index is 14.1. The van der Waals surface area contributed by atoms with Gasteiger partial charge < -0.3 is 9.80 Å². The molecule has 3 saturated heterocycles. The molecule has 5 rings (SSSR count). The number of hydrogen-bond acceptors (Lipinski definition) is 4. The first-order valence-electron chi connectivity index (χ1n) is 11.5. The molecule has 32 heavy (non-hydrogen) atoms. The first kappa shape index (κ1) is 21.5. The second-order valence-electron chi connectivity index (χ2n) is 9.48. The molecule has 3 aliphatic rings. The molecule has 3 atom stereocenters. The smallest absolute Gasteiger partial charge is 0.230 e. The Kier molecular flexibility index (Phi) is 5.50. The van der Waals surface area contributed by atoms with E-state index in [0.29, 0.717) is 25.9 Å². The molecule has 0 aromatic heterocycles. The summed E-state index contributed by atoms with van der Waals surface area (Å²) < 4.78 is 26.9. The van der Waals surface area contributed by atoms with E-state index in [2.05, 4.69) is 29.2 Å². The van der Waals surface area contributed by atoms with Gasteiger partial charge in [-0.1, -0.05) is 48.5 Å². The van der Waals surface area contributed by atoms with Gasteiger partial charge in [-0.15, -0.1) is 0 Å². The van der Waals surface area contributed by atoms with E-state index in [-0.39, 0.29) is 18.0 Å². The Labute approximate surface area is 190 Å². The molecule has 170 valence electrons. The predicted octanol–water partition coefficient (Wildman–Crippen LogP) is 2.76. The number of para-hydroxylation sites is 1. The van der Waals surface area contributed by atoms with E-state index in [1.807, 2.05) is 41.3 Å². The number of benzene rings is 2. The summed E-state index contributed by atoms with van der Waals surface area (Å²) in [7, 11) is -3.36. The van der Waals surface area contributed by atoms with Gasteiger partial charge in [0.05, 0.1) is 11.7 Å². The molecule has 2 aromatic rings. The van der Waals surface area contributed by atoms with Crippen LogP contribution in [0.1, 0.15) is 24.8 Å². The average Bonchev–Trinajstić information content (AvgIpc) is 3.37. The number of rotatable bonds is 5. The second-order valence-corrected chi connectivity index (χ2v) is 11.4. The summed E-state index contributed by atoms with van der Waals surface area (Å²) in [5, 5.41) is 0. The van der Waals surface area contributed by atoms with Gasteiger partial charge in [-0.25, -0.2) is 8.42 Å². The fourth-order valence-corrected chi connectivity index (χ4v) is 7.70. The number of amides is 1. The highest BCUT2D eigenvalue weighted by Gasteiger charge is 2.63. The van der Waals surface area contributed by atoms with Crippen LogP contribution in [0.25, 0.3) is 0 Å². The SMILES string of the molecule is CS(=O)(=O)N1[C@@H]2CC[C@H]1[C@@](Cc1ccccc1)(C(=O)N1CCN(c3ccccc3)CC1)C2. The van der Waals surface area contributed by atoms with Crippen molar-refractivity contribution in [2.75, 3.05) is 37.3 Å². The molecule has 1 amide bonds. The first-order chi connectivity index (χ1) is 15.4. The molecule has 2 bridgehead atoms. The van der Waals surface area contributed by atoms with Crippen LogP contribution >= 0.6 is 0 Å². The van der Waals surface area contributed by atoms with Gasteiger partial charge in [-0.05, 0) is 43.4 Å². The minimum absolute atomic E-state index is 0.0618. The highest BCUT2D eigenvalue weighted by atomic mass is 32.2. The van der Waals surface area contributed by atoms with Crippen molar-refractivity contribution < 1.29 is 13.2 Å². The Morgan fingerprint density at radius 3 is 2.16 bits per heavy atom. The highest BCUT2D eigenvalue weighted by molar-refractivity contribution is 7.88. The minimum Gasteiger partial charge on any atom is -0.368 e. The van der Waals surface area contributed by atoms with Gasteiger partial charge in [0.1, 0.15) is 0 Å². The maximum Gasteiger partial charge on any atom is 0.230 e. The molecule has 0 unspecified atom stereocenters. The number of hydrogen-bond donors (Lipinski definition) is 0. The van der Waals surface area contributed by atoms with Gasteiger partial charge in [0, 0.05) is 44.0 Å². The predicted molar refractivity (Wildman–Crippen MR) is 126 cm³/mol. The third-order valence-electron chi connectivity index (χ3n) is 7.54. The van der Waals surface area contributed by atoms with Crippen LogP contribution in [0.2, 0.25) is 0 Å².